The lowest BCUT2D eigenvalue weighted by atomic mass is 10.1. The van der Waals surface area contributed by atoms with E-state index in [0.29, 0.717) is 22.5 Å². The van der Waals surface area contributed by atoms with Crippen LogP contribution in [0, 0.1) is 0 Å². The molecule has 0 atom stereocenters. The fourth-order valence-corrected chi connectivity index (χ4v) is 5.37. The van der Waals surface area contributed by atoms with E-state index in [4.69, 9.17) is 4.42 Å². The Morgan fingerprint density at radius 3 is 2.32 bits per heavy atom. The van der Waals surface area contributed by atoms with Crippen molar-refractivity contribution in [3.63, 3.8) is 0 Å². The number of rotatable bonds is 5. The number of carbonyl (C=O) groups excluding carboxylic acids is 1. The molecular formula is C23H16N2O4S2. The topological polar surface area (TPSA) is 88.4 Å². The molecule has 8 heteroatoms. The number of anilines is 2. The van der Waals surface area contributed by atoms with Gasteiger partial charge in [0.25, 0.3) is 15.9 Å². The van der Waals surface area contributed by atoms with Crippen molar-refractivity contribution in [1.82, 2.24) is 0 Å². The lowest BCUT2D eigenvalue weighted by molar-refractivity contribution is 0.102. The van der Waals surface area contributed by atoms with Crippen LogP contribution >= 0.6 is 11.3 Å². The van der Waals surface area contributed by atoms with E-state index in [0.717, 1.165) is 27.7 Å². The van der Waals surface area contributed by atoms with Crippen molar-refractivity contribution in [3.8, 4) is 0 Å². The molecule has 154 valence electrons. The molecule has 2 aromatic heterocycles. The van der Waals surface area contributed by atoms with E-state index in [2.05, 4.69) is 10.0 Å². The Morgan fingerprint density at radius 2 is 1.55 bits per heavy atom. The SMILES string of the molecule is O=C(Nc1ccc2c(c1)oc1ccccc12)c1ccc(NS(=O)(=O)c2cccs2)cc1. The maximum atomic E-state index is 12.6. The number of benzene rings is 3. The van der Waals surface area contributed by atoms with Gasteiger partial charge in [0.1, 0.15) is 15.4 Å². The average molecular weight is 449 g/mol. The Morgan fingerprint density at radius 1 is 0.806 bits per heavy atom. The highest BCUT2D eigenvalue weighted by Crippen LogP contribution is 2.30. The largest absolute Gasteiger partial charge is 0.456 e. The second-order valence-corrected chi connectivity index (χ2v) is 9.74. The molecule has 0 spiro atoms. The molecule has 0 fully saturated rings. The van der Waals surface area contributed by atoms with E-state index < -0.39 is 10.0 Å². The number of hydrogen-bond donors (Lipinski definition) is 2. The number of carbonyl (C=O) groups is 1. The van der Waals surface area contributed by atoms with Crippen LogP contribution < -0.4 is 10.0 Å². The van der Waals surface area contributed by atoms with Crippen LogP contribution in [0.25, 0.3) is 21.9 Å². The maximum Gasteiger partial charge on any atom is 0.271 e. The Kier molecular flexibility index (Phi) is 4.72. The number of amides is 1. The summed E-state index contributed by atoms with van der Waals surface area (Å²) in [4.78, 5) is 12.6. The first kappa shape index (κ1) is 19.3. The highest BCUT2D eigenvalue weighted by Gasteiger charge is 2.15. The predicted molar refractivity (Wildman–Crippen MR) is 123 cm³/mol. The number of hydrogen-bond acceptors (Lipinski definition) is 5. The molecule has 2 heterocycles. The van der Waals surface area contributed by atoms with E-state index >= 15 is 0 Å². The van der Waals surface area contributed by atoms with Gasteiger partial charge < -0.3 is 9.73 Å². The summed E-state index contributed by atoms with van der Waals surface area (Å²) in [6, 6.07) is 22.8. The minimum atomic E-state index is -3.63. The second kappa shape index (κ2) is 7.57. The van der Waals surface area contributed by atoms with Gasteiger partial charge in [-0.3, -0.25) is 9.52 Å². The zero-order valence-electron chi connectivity index (χ0n) is 16.0. The minimum absolute atomic E-state index is 0.232. The molecule has 31 heavy (non-hydrogen) atoms. The average Bonchev–Trinajstić information content (AvgIpc) is 3.42. The van der Waals surface area contributed by atoms with E-state index in [1.165, 1.54) is 6.07 Å². The van der Waals surface area contributed by atoms with Gasteiger partial charge in [-0.05, 0) is 53.9 Å². The van der Waals surface area contributed by atoms with Crippen molar-refractivity contribution < 1.29 is 17.6 Å². The van der Waals surface area contributed by atoms with Gasteiger partial charge >= 0.3 is 0 Å². The van der Waals surface area contributed by atoms with Gasteiger partial charge in [0, 0.05) is 33.8 Å². The van der Waals surface area contributed by atoms with Crippen molar-refractivity contribution in [2.45, 2.75) is 4.21 Å². The first-order valence-electron chi connectivity index (χ1n) is 9.39. The molecule has 1 amide bonds. The summed E-state index contributed by atoms with van der Waals surface area (Å²) in [6.45, 7) is 0. The Labute approximate surface area is 182 Å². The van der Waals surface area contributed by atoms with Gasteiger partial charge in [-0.25, -0.2) is 8.42 Å². The van der Waals surface area contributed by atoms with E-state index in [-0.39, 0.29) is 10.1 Å². The molecule has 6 nitrogen and oxygen atoms in total. The molecule has 0 saturated carbocycles. The van der Waals surface area contributed by atoms with Crippen molar-refractivity contribution in [3.05, 3.63) is 89.8 Å². The highest BCUT2D eigenvalue weighted by molar-refractivity contribution is 7.94. The first-order chi connectivity index (χ1) is 15.0. The predicted octanol–water partition coefficient (Wildman–Crippen LogP) is 5.70. The van der Waals surface area contributed by atoms with Crippen molar-refractivity contribution in [2.24, 2.45) is 0 Å². The fourth-order valence-electron chi connectivity index (χ4n) is 3.32. The summed E-state index contributed by atoms with van der Waals surface area (Å²) in [5, 5.41) is 6.55. The molecule has 0 radical (unpaired) electrons. The number of furan rings is 1. The van der Waals surface area contributed by atoms with Crippen LogP contribution in [-0.2, 0) is 10.0 Å². The molecule has 5 rings (SSSR count). The zero-order valence-corrected chi connectivity index (χ0v) is 17.7. The Bertz CT molecular complexity index is 1500. The van der Waals surface area contributed by atoms with Crippen LogP contribution in [0.1, 0.15) is 10.4 Å². The van der Waals surface area contributed by atoms with Gasteiger partial charge in [0.2, 0.25) is 0 Å². The summed E-state index contributed by atoms with van der Waals surface area (Å²) >= 11 is 1.14. The maximum absolute atomic E-state index is 12.6. The van der Waals surface area contributed by atoms with Crippen LogP contribution in [0.5, 0.6) is 0 Å². The molecule has 3 aromatic carbocycles. The van der Waals surface area contributed by atoms with Gasteiger partial charge in [-0.15, -0.1) is 11.3 Å². The van der Waals surface area contributed by atoms with Crippen LogP contribution in [0.2, 0.25) is 0 Å². The van der Waals surface area contributed by atoms with Crippen LogP contribution in [-0.4, -0.2) is 14.3 Å². The second-order valence-electron chi connectivity index (χ2n) is 6.88. The molecule has 0 unspecified atom stereocenters. The molecule has 2 N–H and O–H groups in total. The van der Waals surface area contributed by atoms with Crippen molar-refractivity contribution in [2.75, 3.05) is 10.0 Å². The summed E-state index contributed by atoms with van der Waals surface area (Å²) in [6.07, 6.45) is 0. The number of sulfonamides is 1. The summed E-state index contributed by atoms with van der Waals surface area (Å²) < 4.78 is 33.2. The fraction of sp³-hybridized carbons (Fsp3) is 0. The standard InChI is InChI=1S/C23H16N2O4S2/c26-23(15-7-9-16(10-8-15)25-31(27,28)22-6-3-13-30-22)24-17-11-12-19-18-4-1-2-5-20(18)29-21(19)14-17/h1-14,25H,(H,24,26). The van der Waals surface area contributed by atoms with Gasteiger partial charge in [-0.1, -0.05) is 24.3 Å². The molecule has 0 bridgehead atoms. The first-order valence-corrected chi connectivity index (χ1v) is 11.7. The summed E-state index contributed by atoms with van der Waals surface area (Å²) in [5.74, 6) is -0.303. The van der Waals surface area contributed by atoms with Gasteiger partial charge in [-0.2, -0.15) is 0 Å². The molecule has 0 saturated heterocycles. The molecule has 5 aromatic rings. The minimum Gasteiger partial charge on any atom is -0.456 e. The Balaban J connectivity index is 1.33. The van der Waals surface area contributed by atoms with Gasteiger partial charge in [0.15, 0.2) is 0 Å². The van der Waals surface area contributed by atoms with Crippen LogP contribution in [0.4, 0.5) is 11.4 Å². The zero-order chi connectivity index (χ0) is 21.4. The smallest absolute Gasteiger partial charge is 0.271 e. The van der Waals surface area contributed by atoms with Gasteiger partial charge in [0.05, 0.1) is 0 Å². The van der Waals surface area contributed by atoms with Crippen LogP contribution in [0.3, 0.4) is 0 Å². The van der Waals surface area contributed by atoms with Crippen molar-refractivity contribution in [1.29, 1.82) is 0 Å². The van der Waals surface area contributed by atoms with E-state index in [1.54, 1.807) is 41.8 Å². The lowest BCUT2D eigenvalue weighted by Crippen LogP contribution is -2.13. The monoisotopic (exact) mass is 448 g/mol. The number of nitrogens with one attached hydrogen (secondary N) is 2. The Hall–Kier alpha value is -3.62. The van der Waals surface area contributed by atoms with E-state index in [1.807, 2.05) is 36.4 Å². The summed E-state index contributed by atoms with van der Waals surface area (Å²) in [7, 11) is -3.63. The van der Waals surface area contributed by atoms with Crippen LogP contribution in [0.15, 0.2) is 92.9 Å². The van der Waals surface area contributed by atoms with E-state index in [9.17, 15) is 13.2 Å². The number of thiophene rings is 1. The third kappa shape index (κ3) is 3.78. The molecule has 0 aliphatic heterocycles. The highest BCUT2D eigenvalue weighted by atomic mass is 32.2. The quantitative estimate of drug-likeness (QED) is 0.361. The molecule has 0 aliphatic rings. The lowest BCUT2D eigenvalue weighted by Gasteiger charge is -2.08. The third-order valence-corrected chi connectivity index (χ3v) is 7.57. The molecule has 0 aliphatic carbocycles. The third-order valence-electron chi connectivity index (χ3n) is 4.80. The normalized spacial score (nSPS) is 11.6. The number of para-hydroxylation sites is 1. The molecular weight excluding hydrogens is 432 g/mol. The summed E-state index contributed by atoms with van der Waals surface area (Å²) in [5.41, 5.74) is 2.88. The van der Waals surface area contributed by atoms with Crippen molar-refractivity contribution >= 4 is 60.6 Å². The number of fused-ring (bicyclic) bond motifs is 3.